The first-order valence-corrected chi connectivity index (χ1v) is 9.78. The molecule has 6 heteroatoms. The Hall–Kier alpha value is -1.88. The van der Waals surface area contributed by atoms with Crippen molar-refractivity contribution in [2.45, 2.75) is 43.6 Å². The van der Waals surface area contributed by atoms with Crippen molar-refractivity contribution >= 4 is 35.0 Å². The van der Waals surface area contributed by atoms with Crippen LogP contribution in [0.3, 0.4) is 0 Å². The predicted molar refractivity (Wildman–Crippen MR) is 108 cm³/mol. The third-order valence-corrected chi connectivity index (χ3v) is 5.58. The lowest BCUT2D eigenvalue weighted by Gasteiger charge is -2.18. The molecule has 1 aliphatic carbocycles. The highest BCUT2D eigenvalue weighted by Crippen LogP contribution is 2.51. The molecule has 0 heterocycles. The number of amides is 2. The van der Waals surface area contributed by atoms with Gasteiger partial charge in [-0.1, -0.05) is 59.6 Å². The van der Waals surface area contributed by atoms with Crippen LogP contribution in [0.1, 0.15) is 36.8 Å². The van der Waals surface area contributed by atoms with E-state index >= 15 is 0 Å². The van der Waals surface area contributed by atoms with E-state index in [0.717, 1.165) is 12.8 Å². The number of carbonyl (C=O) groups excluding carboxylic acids is 2. The second kappa shape index (κ2) is 8.42. The van der Waals surface area contributed by atoms with Crippen LogP contribution in [0, 0.1) is 0 Å². The van der Waals surface area contributed by atoms with Gasteiger partial charge in [0.05, 0.1) is 11.5 Å². The summed E-state index contributed by atoms with van der Waals surface area (Å²) in [7, 11) is 0. The molecular formula is C21H22Cl2N2O2. The molecule has 0 aliphatic heterocycles. The summed E-state index contributed by atoms with van der Waals surface area (Å²) in [6.45, 7) is 0. The minimum atomic E-state index is -0.749. The lowest BCUT2D eigenvalue weighted by atomic mass is 9.94. The van der Waals surface area contributed by atoms with Gasteiger partial charge in [0.1, 0.15) is 0 Å². The number of hydrogen-bond donors (Lipinski definition) is 2. The Bertz CT molecular complexity index is 835. The number of imide groups is 1. The van der Waals surface area contributed by atoms with Crippen LogP contribution in [0.25, 0.3) is 0 Å². The molecule has 0 unspecified atom stereocenters. The lowest BCUT2D eigenvalue weighted by molar-refractivity contribution is -0.132. The zero-order valence-electron chi connectivity index (χ0n) is 14.9. The van der Waals surface area contributed by atoms with E-state index in [4.69, 9.17) is 28.9 Å². The molecule has 3 rings (SSSR count). The topological polar surface area (TPSA) is 72.2 Å². The number of aryl methyl sites for hydroxylation is 1. The fourth-order valence-electron chi connectivity index (χ4n) is 3.25. The van der Waals surface area contributed by atoms with Crippen molar-refractivity contribution in [1.82, 2.24) is 5.32 Å². The third kappa shape index (κ3) is 4.70. The number of benzene rings is 2. The van der Waals surface area contributed by atoms with Crippen LogP contribution >= 0.6 is 23.2 Å². The van der Waals surface area contributed by atoms with Gasteiger partial charge in [-0.2, -0.15) is 0 Å². The normalized spacial score (nSPS) is 15.8. The SMILES string of the molecule is N[C@@H](CCCc1ccccc1)C(=O)NC(=O)C1(c2ccc(Cl)cc2Cl)CC1. The number of nitrogens with one attached hydrogen (secondary N) is 1. The Labute approximate surface area is 169 Å². The van der Waals surface area contributed by atoms with Crippen molar-refractivity contribution in [3.8, 4) is 0 Å². The maximum atomic E-state index is 12.7. The Balaban J connectivity index is 1.54. The Morgan fingerprint density at radius 1 is 1.11 bits per heavy atom. The quantitative estimate of drug-likeness (QED) is 0.731. The van der Waals surface area contributed by atoms with Crippen molar-refractivity contribution in [1.29, 1.82) is 0 Å². The summed E-state index contributed by atoms with van der Waals surface area (Å²) in [6, 6.07) is 14.4. The second-order valence-electron chi connectivity index (χ2n) is 7.01. The average Bonchev–Trinajstić information content (AvgIpc) is 3.44. The monoisotopic (exact) mass is 404 g/mol. The van der Waals surface area contributed by atoms with E-state index in [9.17, 15) is 9.59 Å². The highest BCUT2D eigenvalue weighted by Gasteiger charge is 2.52. The largest absolute Gasteiger partial charge is 0.320 e. The molecule has 1 saturated carbocycles. The highest BCUT2D eigenvalue weighted by molar-refractivity contribution is 6.35. The van der Waals surface area contributed by atoms with Crippen LogP contribution in [0.2, 0.25) is 10.0 Å². The van der Waals surface area contributed by atoms with Crippen molar-refractivity contribution in [2.24, 2.45) is 5.73 Å². The first-order chi connectivity index (χ1) is 12.9. The fraction of sp³-hybridized carbons (Fsp3) is 0.333. The van der Waals surface area contributed by atoms with Crippen LogP contribution in [-0.2, 0) is 21.4 Å². The minimum absolute atomic E-state index is 0.338. The zero-order valence-corrected chi connectivity index (χ0v) is 16.4. The molecule has 4 nitrogen and oxygen atoms in total. The molecule has 3 N–H and O–H groups in total. The first kappa shape index (κ1) is 19.9. The molecule has 0 radical (unpaired) electrons. The maximum absolute atomic E-state index is 12.7. The molecule has 27 heavy (non-hydrogen) atoms. The lowest BCUT2D eigenvalue weighted by Crippen LogP contribution is -2.47. The van der Waals surface area contributed by atoms with Gasteiger partial charge in [0.2, 0.25) is 11.8 Å². The van der Waals surface area contributed by atoms with E-state index in [1.54, 1.807) is 18.2 Å². The Morgan fingerprint density at radius 2 is 1.81 bits per heavy atom. The van der Waals surface area contributed by atoms with Crippen LogP contribution in [0.4, 0.5) is 0 Å². The molecule has 2 amide bonds. The summed E-state index contributed by atoms with van der Waals surface area (Å²) in [5.74, 6) is -0.778. The van der Waals surface area contributed by atoms with E-state index in [-0.39, 0.29) is 5.91 Å². The van der Waals surface area contributed by atoms with Crippen LogP contribution < -0.4 is 11.1 Å². The molecule has 0 aromatic heterocycles. The van der Waals surface area contributed by atoms with Gasteiger partial charge in [-0.3, -0.25) is 14.9 Å². The summed E-state index contributed by atoms with van der Waals surface area (Å²) in [6.07, 6.45) is 3.44. The van der Waals surface area contributed by atoms with Crippen LogP contribution in [0.15, 0.2) is 48.5 Å². The molecular weight excluding hydrogens is 383 g/mol. The van der Waals surface area contributed by atoms with E-state index in [0.29, 0.717) is 34.9 Å². The van der Waals surface area contributed by atoms with Crippen molar-refractivity contribution in [3.63, 3.8) is 0 Å². The van der Waals surface area contributed by atoms with Gasteiger partial charge in [-0.25, -0.2) is 0 Å². The van der Waals surface area contributed by atoms with Gasteiger partial charge in [0.15, 0.2) is 0 Å². The molecule has 0 spiro atoms. The van der Waals surface area contributed by atoms with Crippen LogP contribution in [0.5, 0.6) is 0 Å². The summed E-state index contributed by atoms with van der Waals surface area (Å²) >= 11 is 12.2. The minimum Gasteiger partial charge on any atom is -0.320 e. The third-order valence-electron chi connectivity index (χ3n) is 5.03. The van der Waals surface area contributed by atoms with Gasteiger partial charge in [-0.15, -0.1) is 0 Å². The second-order valence-corrected chi connectivity index (χ2v) is 7.85. The number of hydrogen-bond acceptors (Lipinski definition) is 3. The molecule has 2 aromatic rings. The van der Waals surface area contributed by atoms with E-state index in [1.807, 2.05) is 30.3 Å². The molecule has 1 fully saturated rings. The number of rotatable bonds is 7. The number of halogens is 2. The Morgan fingerprint density at radius 3 is 2.44 bits per heavy atom. The smallest absolute Gasteiger partial charge is 0.243 e. The van der Waals surface area contributed by atoms with Crippen LogP contribution in [-0.4, -0.2) is 17.9 Å². The maximum Gasteiger partial charge on any atom is 0.243 e. The number of carbonyl (C=O) groups is 2. The van der Waals surface area contributed by atoms with Crippen molar-refractivity contribution in [3.05, 3.63) is 69.7 Å². The molecule has 2 aromatic carbocycles. The number of nitrogens with two attached hydrogens (primary N) is 1. The molecule has 1 atom stereocenters. The Kier molecular flexibility index (Phi) is 6.20. The van der Waals surface area contributed by atoms with Gasteiger partial charge >= 0.3 is 0 Å². The van der Waals surface area contributed by atoms with Gasteiger partial charge in [0.25, 0.3) is 0 Å². The fourth-order valence-corrected chi connectivity index (χ4v) is 3.84. The molecule has 0 saturated heterocycles. The van der Waals surface area contributed by atoms with E-state index in [1.165, 1.54) is 5.56 Å². The summed E-state index contributed by atoms with van der Waals surface area (Å²) in [5.41, 5.74) is 7.13. The van der Waals surface area contributed by atoms with Crippen molar-refractivity contribution < 1.29 is 9.59 Å². The molecule has 1 aliphatic rings. The summed E-state index contributed by atoms with van der Waals surface area (Å²) < 4.78 is 0. The van der Waals surface area contributed by atoms with Gasteiger partial charge in [-0.05, 0) is 55.4 Å². The average molecular weight is 405 g/mol. The highest BCUT2D eigenvalue weighted by atomic mass is 35.5. The summed E-state index contributed by atoms with van der Waals surface area (Å²) in [5, 5.41) is 3.43. The van der Waals surface area contributed by atoms with Gasteiger partial charge in [0, 0.05) is 10.0 Å². The first-order valence-electron chi connectivity index (χ1n) is 9.03. The van der Waals surface area contributed by atoms with E-state index < -0.39 is 17.4 Å². The van der Waals surface area contributed by atoms with Gasteiger partial charge < -0.3 is 5.73 Å². The standard InChI is InChI=1S/C21H22Cl2N2O2/c22-15-9-10-16(17(23)13-15)21(11-12-21)20(27)25-19(26)18(24)8-4-7-14-5-2-1-3-6-14/h1-3,5-6,9-10,13,18H,4,7-8,11-12,24H2,(H,25,26,27)/t18-/m0/s1. The van der Waals surface area contributed by atoms with Crippen molar-refractivity contribution in [2.75, 3.05) is 0 Å². The zero-order chi connectivity index (χ0) is 19.4. The predicted octanol–water partition coefficient (Wildman–Crippen LogP) is 4.02. The summed E-state index contributed by atoms with van der Waals surface area (Å²) in [4.78, 5) is 25.0. The molecule has 0 bridgehead atoms. The van der Waals surface area contributed by atoms with E-state index in [2.05, 4.69) is 5.32 Å². The molecule has 142 valence electrons.